The molecular formula is C19H20F6O8. The Bertz CT molecular complexity index is 808. The van der Waals surface area contributed by atoms with Gasteiger partial charge in [-0.15, -0.1) is 0 Å². The molecule has 0 aromatic carbocycles. The predicted octanol–water partition coefficient (Wildman–Crippen LogP) is 2.92. The number of fused-ring (bicyclic) bond motifs is 1. The zero-order valence-electron chi connectivity index (χ0n) is 16.9. The number of carbonyl (C=O) groups excluding carboxylic acids is 3. The van der Waals surface area contributed by atoms with E-state index in [1.165, 1.54) is 0 Å². The number of carboxylic acid groups (broad SMARTS) is 1. The molecule has 4 aliphatic rings. The molecule has 0 radical (unpaired) electrons. The van der Waals surface area contributed by atoms with Gasteiger partial charge in [-0.05, 0) is 31.6 Å². The lowest BCUT2D eigenvalue weighted by molar-refractivity contribution is -0.369. The maximum Gasteiger partial charge on any atom is 0.438 e. The van der Waals surface area contributed by atoms with Crippen molar-refractivity contribution >= 4 is 23.9 Å². The zero-order valence-corrected chi connectivity index (χ0v) is 16.9. The van der Waals surface area contributed by atoms with E-state index in [0.29, 0.717) is 25.7 Å². The van der Waals surface area contributed by atoms with E-state index in [1.54, 1.807) is 0 Å². The Hall–Kier alpha value is -2.54. The summed E-state index contributed by atoms with van der Waals surface area (Å²) < 4.78 is 93.1. The number of carboxylic acids is 1. The highest BCUT2D eigenvalue weighted by atomic mass is 19.4. The molecule has 4 rings (SSSR count). The molecule has 2 saturated heterocycles. The molecule has 2 heterocycles. The first-order valence-electron chi connectivity index (χ1n) is 10.1. The number of hydrogen-bond acceptors (Lipinski definition) is 7. The van der Waals surface area contributed by atoms with E-state index in [-0.39, 0.29) is 17.9 Å². The molecule has 4 bridgehead atoms. The maximum atomic E-state index is 13.1. The van der Waals surface area contributed by atoms with Crippen molar-refractivity contribution in [1.82, 2.24) is 0 Å². The van der Waals surface area contributed by atoms with Gasteiger partial charge in [0.2, 0.25) is 0 Å². The Morgan fingerprint density at radius 1 is 0.939 bits per heavy atom. The second-order valence-electron chi connectivity index (χ2n) is 8.56. The summed E-state index contributed by atoms with van der Waals surface area (Å²) in [7, 11) is 0. The summed E-state index contributed by atoms with van der Waals surface area (Å²) in [4.78, 5) is 46.8. The van der Waals surface area contributed by atoms with Gasteiger partial charge in [0.05, 0.1) is 18.8 Å². The van der Waals surface area contributed by atoms with Crippen LogP contribution in [-0.2, 0) is 33.4 Å². The molecule has 0 amide bonds. The molecule has 2 aliphatic carbocycles. The van der Waals surface area contributed by atoms with E-state index < -0.39 is 73.1 Å². The van der Waals surface area contributed by atoms with Crippen LogP contribution in [0.3, 0.4) is 0 Å². The molecule has 0 aromatic heterocycles. The lowest BCUT2D eigenvalue weighted by atomic mass is 9.66. The molecule has 0 aromatic rings. The number of alkyl halides is 6. The van der Waals surface area contributed by atoms with Gasteiger partial charge in [0.15, 0.2) is 0 Å². The summed E-state index contributed by atoms with van der Waals surface area (Å²) in [6.07, 6.45) is -16.2. The van der Waals surface area contributed by atoms with Crippen molar-refractivity contribution in [1.29, 1.82) is 0 Å². The Morgan fingerprint density at radius 3 is 2.12 bits per heavy atom. The number of esters is 3. The summed E-state index contributed by atoms with van der Waals surface area (Å²) in [6, 6.07) is 0. The highest BCUT2D eigenvalue weighted by Crippen LogP contribution is 2.49. The summed E-state index contributed by atoms with van der Waals surface area (Å²) in [5.41, 5.74) is -5.27. The minimum Gasteiger partial charge on any atom is -0.481 e. The van der Waals surface area contributed by atoms with Crippen molar-refractivity contribution in [2.75, 3.05) is 0 Å². The molecule has 186 valence electrons. The molecule has 4 fully saturated rings. The number of halogens is 6. The van der Waals surface area contributed by atoms with Crippen LogP contribution < -0.4 is 0 Å². The second kappa shape index (κ2) is 8.67. The number of carbonyl (C=O) groups is 4. The Kier molecular flexibility index (Phi) is 6.59. The van der Waals surface area contributed by atoms with Crippen LogP contribution >= 0.6 is 0 Å². The van der Waals surface area contributed by atoms with Gasteiger partial charge in [-0.25, -0.2) is 0 Å². The average molecular weight is 490 g/mol. The third kappa shape index (κ3) is 5.03. The largest absolute Gasteiger partial charge is 0.481 e. The number of aliphatic carboxylic acids is 1. The molecule has 0 spiro atoms. The van der Waals surface area contributed by atoms with Gasteiger partial charge in [0, 0.05) is 5.92 Å². The summed E-state index contributed by atoms with van der Waals surface area (Å²) >= 11 is 0. The monoisotopic (exact) mass is 490 g/mol. The molecule has 8 nitrogen and oxygen atoms in total. The first kappa shape index (κ1) is 25.1. The summed E-state index contributed by atoms with van der Waals surface area (Å²) in [5.74, 6) is -6.91. The first-order chi connectivity index (χ1) is 15.1. The van der Waals surface area contributed by atoms with Gasteiger partial charge >= 0.3 is 41.8 Å². The molecular weight excluding hydrogens is 470 g/mol. The minimum absolute atomic E-state index is 0.187. The fourth-order valence-corrected chi connectivity index (χ4v) is 4.85. The quantitative estimate of drug-likeness (QED) is 0.329. The molecule has 14 heteroatoms. The highest BCUT2D eigenvalue weighted by Gasteiger charge is 2.75. The lowest BCUT2D eigenvalue weighted by Gasteiger charge is -2.41. The summed E-state index contributed by atoms with van der Waals surface area (Å²) in [5, 5.41) is 8.53. The van der Waals surface area contributed by atoms with Crippen molar-refractivity contribution in [2.24, 2.45) is 17.8 Å². The van der Waals surface area contributed by atoms with Crippen molar-refractivity contribution in [3.05, 3.63) is 0 Å². The Balaban J connectivity index is 1.63. The van der Waals surface area contributed by atoms with Crippen LogP contribution in [0.25, 0.3) is 0 Å². The number of ether oxygens (including phenoxy) is 3. The van der Waals surface area contributed by atoms with Crippen LogP contribution in [-0.4, -0.2) is 59.1 Å². The van der Waals surface area contributed by atoms with Crippen LogP contribution in [0.2, 0.25) is 0 Å². The van der Waals surface area contributed by atoms with Gasteiger partial charge in [0.1, 0.15) is 18.6 Å². The van der Waals surface area contributed by atoms with E-state index in [0.717, 1.165) is 0 Å². The number of rotatable bonds is 7. The van der Waals surface area contributed by atoms with Gasteiger partial charge < -0.3 is 19.3 Å². The fourth-order valence-electron chi connectivity index (χ4n) is 4.85. The molecule has 4 unspecified atom stereocenters. The van der Waals surface area contributed by atoms with Crippen LogP contribution in [0, 0.1) is 17.8 Å². The van der Waals surface area contributed by atoms with Crippen molar-refractivity contribution < 1.29 is 64.8 Å². The van der Waals surface area contributed by atoms with Gasteiger partial charge in [-0.2, -0.15) is 26.3 Å². The average Bonchev–Trinajstić information content (AvgIpc) is 2.80. The van der Waals surface area contributed by atoms with Gasteiger partial charge in [-0.3, -0.25) is 19.2 Å². The normalized spacial score (nSPS) is 29.3. The van der Waals surface area contributed by atoms with E-state index in [9.17, 15) is 45.5 Å². The SMILES string of the molecule is O=C(O)CC(OC(=O)CCC(=O)OC1C2CC3CC1C(=O)O[C@@H](C3)C2)(C(F)(F)F)C(F)(F)F. The molecule has 2 saturated carbocycles. The van der Waals surface area contributed by atoms with Gasteiger partial charge in [0.25, 0.3) is 0 Å². The number of hydrogen-bond donors (Lipinski definition) is 1. The fraction of sp³-hybridized carbons (Fsp3) is 0.789. The smallest absolute Gasteiger partial charge is 0.438 e. The standard InChI is InChI=1S/C19H20F6O8/c20-18(21,22)17(7-12(26)27,19(23,24)25)33-14(29)2-1-13(28)32-15-9-3-8-4-10(6-9)31-16(30)11(15)5-8/h8-11,15H,1-7H2,(H,26,27)/t8?,9?,10-,11?,15?/m0/s1. The topological polar surface area (TPSA) is 116 Å². The highest BCUT2D eigenvalue weighted by molar-refractivity contribution is 5.79. The summed E-state index contributed by atoms with van der Waals surface area (Å²) in [6.45, 7) is 0. The van der Waals surface area contributed by atoms with Gasteiger partial charge in [-0.1, -0.05) is 0 Å². The third-order valence-corrected chi connectivity index (χ3v) is 6.24. The molecule has 33 heavy (non-hydrogen) atoms. The van der Waals surface area contributed by atoms with Crippen LogP contribution in [0.15, 0.2) is 0 Å². The second-order valence-corrected chi connectivity index (χ2v) is 8.56. The van der Waals surface area contributed by atoms with E-state index >= 15 is 0 Å². The van der Waals surface area contributed by atoms with E-state index in [1.807, 2.05) is 0 Å². The lowest BCUT2D eigenvalue weighted by Crippen LogP contribution is -2.60. The Labute approximate surface area is 182 Å². The first-order valence-corrected chi connectivity index (χ1v) is 10.1. The van der Waals surface area contributed by atoms with E-state index in [2.05, 4.69) is 4.74 Å². The Morgan fingerprint density at radius 2 is 1.55 bits per heavy atom. The third-order valence-electron chi connectivity index (χ3n) is 6.24. The van der Waals surface area contributed by atoms with Crippen LogP contribution in [0.5, 0.6) is 0 Å². The van der Waals surface area contributed by atoms with E-state index in [4.69, 9.17) is 14.6 Å². The molecule has 2 aliphatic heterocycles. The van der Waals surface area contributed by atoms with Crippen molar-refractivity contribution in [2.45, 2.75) is 75.1 Å². The van der Waals surface area contributed by atoms with Crippen molar-refractivity contribution in [3.63, 3.8) is 0 Å². The minimum atomic E-state index is -6.28. The van der Waals surface area contributed by atoms with Crippen LogP contribution in [0.1, 0.15) is 44.9 Å². The predicted molar refractivity (Wildman–Crippen MR) is 91.1 cm³/mol. The molecule has 1 N–H and O–H groups in total. The van der Waals surface area contributed by atoms with Crippen molar-refractivity contribution in [3.8, 4) is 0 Å². The molecule has 5 atom stereocenters. The van der Waals surface area contributed by atoms with Crippen LogP contribution in [0.4, 0.5) is 26.3 Å². The maximum absolute atomic E-state index is 13.1. The zero-order chi connectivity index (χ0) is 24.8.